The van der Waals surface area contributed by atoms with E-state index in [0.29, 0.717) is 16.3 Å². The number of pyridine rings is 1. The molecule has 0 bridgehead atoms. The Morgan fingerprint density at radius 2 is 2.12 bits per heavy atom. The zero-order chi connectivity index (χ0) is 16.7. The Kier molecular flexibility index (Phi) is 3.39. The number of imidazole rings is 2. The summed E-state index contributed by atoms with van der Waals surface area (Å²) < 4.78 is 17.3. The molecule has 0 saturated carbocycles. The summed E-state index contributed by atoms with van der Waals surface area (Å²) in [6, 6.07) is 3.12. The predicted molar refractivity (Wildman–Crippen MR) is 84.3 cm³/mol. The van der Waals surface area contributed by atoms with Crippen molar-refractivity contribution in [1.29, 1.82) is 0 Å². The topological polar surface area (TPSA) is 76.6 Å². The SMILES string of the molecule is O=C(NCc1cnc2cnccn12)c1nc2ccc(Cl)cn2c1F. The van der Waals surface area contributed by atoms with Gasteiger partial charge in [-0.25, -0.2) is 9.97 Å². The predicted octanol–water partition coefficient (Wildman–Crippen LogP) is 2.10. The lowest BCUT2D eigenvalue weighted by Gasteiger charge is -2.03. The van der Waals surface area contributed by atoms with Gasteiger partial charge >= 0.3 is 0 Å². The first-order chi connectivity index (χ1) is 11.6. The largest absolute Gasteiger partial charge is 0.345 e. The van der Waals surface area contributed by atoms with E-state index in [1.54, 1.807) is 41.3 Å². The number of hydrogen-bond acceptors (Lipinski definition) is 4. The molecule has 0 atom stereocenters. The lowest BCUT2D eigenvalue weighted by atomic mass is 10.4. The third kappa shape index (κ3) is 2.37. The van der Waals surface area contributed by atoms with Crippen LogP contribution in [0.15, 0.2) is 43.1 Å². The van der Waals surface area contributed by atoms with Gasteiger partial charge in [0.2, 0.25) is 5.95 Å². The monoisotopic (exact) mass is 344 g/mol. The van der Waals surface area contributed by atoms with Gasteiger partial charge in [-0.2, -0.15) is 4.39 Å². The highest BCUT2D eigenvalue weighted by atomic mass is 35.5. The number of aromatic nitrogens is 5. The van der Waals surface area contributed by atoms with E-state index < -0.39 is 11.9 Å². The van der Waals surface area contributed by atoms with Gasteiger partial charge in [-0.1, -0.05) is 11.6 Å². The average molecular weight is 345 g/mol. The second-order valence-electron chi connectivity index (χ2n) is 5.06. The Morgan fingerprint density at radius 3 is 3.00 bits per heavy atom. The number of hydrogen-bond donors (Lipinski definition) is 1. The molecule has 0 aliphatic rings. The number of nitrogens with one attached hydrogen (secondary N) is 1. The summed E-state index contributed by atoms with van der Waals surface area (Å²) in [7, 11) is 0. The maximum absolute atomic E-state index is 14.3. The van der Waals surface area contributed by atoms with Crippen LogP contribution in [0.4, 0.5) is 4.39 Å². The van der Waals surface area contributed by atoms with Gasteiger partial charge in [0.25, 0.3) is 5.91 Å². The first-order valence-electron chi connectivity index (χ1n) is 7.01. The molecule has 4 aromatic heterocycles. The molecule has 7 nitrogen and oxygen atoms in total. The van der Waals surface area contributed by atoms with Crippen molar-refractivity contribution in [2.24, 2.45) is 0 Å². The van der Waals surface area contributed by atoms with Crippen LogP contribution in [0, 0.1) is 5.95 Å². The maximum atomic E-state index is 14.3. The standard InChI is InChI=1S/C15H10ClFN6O/c16-9-1-2-11-21-13(14(17)23(11)8-9)15(24)20-6-10-5-19-12-7-18-3-4-22(10)12/h1-5,7-8H,6H2,(H,20,24). The molecule has 9 heteroatoms. The minimum absolute atomic E-state index is 0.179. The van der Waals surface area contributed by atoms with Crippen LogP contribution in [0.2, 0.25) is 5.02 Å². The molecule has 1 N–H and O–H groups in total. The molecule has 0 spiro atoms. The summed E-state index contributed by atoms with van der Waals surface area (Å²) in [6.07, 6.45) is 7.95. The lowest BCUT2D eigenvalue weighted by molar-refractivity contribution is 0.0941. The van der Waals surface area contributed by atoms with Crippen molar-refractivity contribution in [3.05, 3.63) is 65.5 Å². The molecule has 0 unspecified atom stereocenters. The number of nitrogens with zero attached hydrogens (tertiary/aromatic N) is 5. The molecule has 120 valence electrons. The smallest absolute Gasteiger partial charge is 0.275 e. The van der Waals surface area contributed by atoms with E-state index in [-0.39, 0.29) is 12.2 Å². The molecule has 0 fully saturated rings. The van der Waals surface area contributed by atoms with Gasteiger partial charge in [0, 0.05) is 18.6 Å². The first kappa shape index (κ1) is 14.6. The van der Waals surface area contributed by atoms with Crippen LogP contribution in [0.3, 0.4) is 0 Å². The van der Waals surface area contributed by atoms with Gasteiger partial charge in [0.05, 0.1) is 29.7 Å². The second-order valence-corrected chi connectivity index (χ2v) is 5.50. The molecular weight excluding hydrogens is 335 g/mol. The summed E-state index contributed by atoms with van der Waals surface area (Å²) >= 11 is 5.83. The molecule has 0 aliphatic carbocycles. The number of halogens is 2. The molecule has 1 amide bonds. The Balaban J connectivity index is 1.59. The highest BCUT2D eigenvalue weighted by Gasteiger charge is 2.19. The van der Waals surface area contributed by atoms with Crippen LogP contribution in [0.5, 0.6) is 0 Å². The van der Waals surface area contributed by atoms with Crippen LogP contribution in [0.1, 0.15) is 16.2 Å². The van der Waals surface area contributed by atoms with Crippen LogP contribution < -0.4 is 5.32 Å². The van der Waals surface area contributed by atoms with Crippen molar-refractivity contribution >= 4 is 28.8 Å². The highest BCUT2D eigenvalue weighted by Crippen LogP contribution is 2.15. The van der Waals surface area contributed by atoms with Gasteiger partial charge < -0.3 is 5.32 Å². The number of amides is 1. The van der Waals surface area contributed by atoms with Crippen molar-refractivity contribution in [1.82, 2.24) is 29.1 Å². The van der Waals surface area contributed by atoms with E-state index in [9.17, 15) is 9.18 Å². The van der Waals surface area contributed by atoms with Crippen LogP contribution >= 0.6 is 11.6 Å². The van der Waals surface area contributed by atoms with Crippen molar-refractivity contribution in [2.75, 3.05) is 0 Å². The van der Waals surface area contributed by atoms with Gasteiger partial charge in [-0.05, 0) is 12.1 Å². The Hall–Kier alpha value is -3.00. The first-order valence-corrected chi connectivity index (χ1v) is 7.38. The van der Waals surface area contributed by atoms with E-state index in [1.807, 2.05) is 0 Å². The molecule has 24 heavy (non-hydrogen) atoms. The van der Waals surface area contributed by atoms with E-state index in [1.165, 1.54) is 6.20 Å². The van der Waals surface area contributed by atoms with Crippen LogP contribution in [-0.2, 0) is 6.54 Å². The van der Waals surface area contributed by atoms with Crippen molar-refractivity contribution in [3.63, 3.8) is 0 Å². The highest BCUT2D eigenvalue weighted by molar-refractivity contribution is 6.30. The average Bonchev–Trinajstić information content (AvgIpc) is 3.14. The van der Waals surface area contributed by atoms with Gasteiger partial charge in [-0.15, -0.1) is 0 Å². The number of fused-ring (bicyclic) bond motifs is 2. The van der Waals surface area contributed by atoms with E-state index in [2.05, 4.69) is 20.3 Å². The molecule has 0 radical (unpaired) electrons. The molecule has 4 rings (SSSR count). The summed E-state index contributed by atoms with van der Waals surface area (Å²) in [5.41, 5.74) is 1.43. The normalized spacial score (nSPS) is 11.2. The number of carbonyl (C=O) groups excluding carboxylic acids is 1. The Labute approximate surface area is 139 Å². The van der Waals surface area contributed by atoms with Crippen LogP contribution in [-0.4, -0.2) is 29.7 Å². The Morgan fingerprint density at radius 1 is 1.25 bits per heavy atom. The molecule has 4 heterocycles. The zero-order valence-corrected chi connectivity index (χ0v) is 12.9. The number of rotatable bonds is 3. The summed E-state index contributed by atoms with van der Waals surface area (Å²) in [5, 5.41) is 2.99. The van der Waals surface area contributed by atoms with Gasteiger partial charge in [-0.3, -0.25) is 18.6 Å². The minimum Gasteiger partial charge on any atom is -0.345 e. The fourth-order valence-electron chi connectivity index (χ4n) is 2.41. The molecular formula is C15H10ClFN6O. The van der Waals surface area contributed by atoms with Crippen molar-refractivity contribution in [3.8, 4) is 0 Å². The third-order valence-electron chi connectivity index (χ3n) is 3.56. The second kappa shape index (κ2) is 5.57. The number of carbonyl (C=O) groups is 1. The minimum atomic E-state index is -0.757. The summed E-state index contributed by atoms with van der Waals surface area (Å²) in [6.45, 7) is 0.179. The lowest BCUT2D eigenvalue weighted by Crippen LogP contribution is -2.24. The molecule has 4 aromatic rings. The molecule has 0 aliphatic heterocycles. The fraction of sp³-hybridized carbons (Fsp3) is 0.0667. The van der Waals surface area contributed by atoms with Gasteiger partial charge in [0.1, 0.15) is 5.65 Å². The Bertz CT molecular complexity index is 1070. The van der Waals surface area contributed by atoms with Crippen LogP contribution in [0.25, 0.3) is 11.3 Å². The van der Waals surface area contributed by atoms with Crippen molar-refractivity contribution < 1.29 is 9.18 Å². The third-order valence-corrected chi connectivity index (χ3v) is 3.79. The van der Waals surface area contributed by atoms with Crippen molar-refractivity contribution in [2.45, 2.75) is 6.54 Å². The maximum Gasteiger partial charge on any atom is 0.275 e. The summed E-state index contributed by atoms with van der Waals surface area (Å²) in [4.78, 5) is 24.4. The molecule has 0 aromatic carbocycles. The quantitative estimate of drug-likeness (QED) is 0.617. The van der Waals surface area contributed by atoms with E-state index in [4.69, 9.17) is 11.6 Å². The van der Waals surface area contributed by atoms with Gasteiger partial charge in [0.15, 0.2) is 11.3 Å². The summed E-state index contributed by atoms with van der Waals surface area (Å²) in [5.74, 6) is -1.37. The van der Waals surface area contributed by atoms with E-state index >= 15 is 0 Å². The fourth-order valence-corrected chi connectivity index (χ4v) is 2.58. The molecule has 0 saturated heterocycles. The zero-order valence-electron chi connectivity index (χ0n) is 12.1. The van der Waals surface area contributed by atoms with E-state index in [0.717, 1.165) is 10.1 Å².